The molecule has 2 aromatic heterocycles. The number of hydrogen-bond acceptors (Lipinski definition) is 7. The van der Waals surface area contributed by atoms with Crippen molar-refractivity contribution in [3.05, 3.63) is 52.4 Å². The number of hydrogen-bond donors (Lipinski definition) is 4. The second-order valence-corrected chi connectivity index (χ2v) is 8.17. The standard InChI is InChI=1S/C22H21ClN8O2/c1-11(22(33)31-9-12(6-24)10-31)29-21(32)15-7-27-20-19(15)30-17(8-28-20)18(25)14-5-13(23)3-4-16(14)26-2/h3-5,7-8,11-12,25-26H,9-10H2,1-2H3,(H,27,28)(H,29,32)/t11-/m1/s1. The van der Waals surface area contributed by atoms with Gasteiger partial charge in [0.2, 0.25) is 5.91 Å². The van der Waals surface area contributed by atoms with Crippen molar-refractivity contribution in [1.29, 1.82) is 10.7 Å². The number of benzene rings is 1. The molecule has 3 heterocycles. The van der Waals surface area contributed by atoms with Crippen LogP contribution in [0.3, 0.4) is 0 Å². The SMILES string of the molecule is CNc1ccc(Cl)cc1C(=N)c1cnc2[nH]cc(C(=O)N[C@H](C)C(=O)N3CC(C#N)C3)c2n1. The van der Waals surface area contributed by atoms with Crippen molar-refractivity contribution in [3.8, 4) is 6.07 Å². The van der Waals surface area contributed by atoms with Crippen molar-refractivity contribution in [3.63, 3.8) is 0 Å². The number of nitriles is 1. The van der Waals surface area contributed by atoms with Crippen molar-refractivity contribution in [2.45, 2.75) is 13.0 Å². The summed E-state index contributed by atoms with van der Waals surface area (Å²) < 4.78 is 0. The third kappa shape index (κ3) is 4.23. The Morgan fingerprint density at radius 2 is 2.12 bits per heavy atom. The Kier molecular flexibility index (Phi) is 5.98. The lowest BCUT2D eigenvalue weighted by Gasteiger charge is -2.37. The van der Waals surface area contributed by atoms with Gasteiger partial charge in [0.25, 0.3) is 5.91 Å². The van der Waals surface area contributed by atoms with Gasteiger partial charge < -0.3 is 20.5 Å². The van der Waals surface area contributed by atoms with Crippen LogP contribution in [0.4, 0.5) is 5.69 Å². The third-order valence-corrected chi connectivity index (χ3v) is 5.73. The fraction of sp³-hybridized carbons (Fsp3) is 0.273. The number of amides is 2. The van der Waals surface area contributed by atoms with Crippen molar-refractivity contribution in [1.82, 2.24) is 25.2 Å². The number of carbonyl (C=O) groups excluding carboxylic acids is 2. The zero-order chi connectivity index (χ0) is 23.7. The molecular formula is C22H21ClN8O2. The molecule has 168 valence electrons. The molecule has 0 aliphatic carbocycles. The number of likely N-dealkylation sites (tertiary alicyclic amines) is 1. The van der Waals surface area contributed by atoms with Gasteiger partial charge in [-0.05, 0) is 25.1 Å². The summed E-state index contributed by atoms with van der Waals surface area (Å²) in [6.45, 7) is 2.34. The molecule has 0 bridgehead atoms. The highest BCUT2D eigenvalue weighted by Crippen LogP contribution is 2.24. The number of aromatic amines is 1. The maximum absolute atomic E-state index is 12.9. The predicted molar refractivity (Wildman–Crippen MR) is 123 cm³/mol. The van der Waals surface area contributed by atoms with E-state index in [1.54, 1.807) is 32.2 Å². The second-order valence-electron chi connectivity index (χ2n) is 7.73. The molecule has 0 radical (unpaired) electrons. The van der Waals surface area contributed by atoms with E-state index in [1.165, 1.54) is 17.3 Å². The Morgan fingerprint density at radius 3 is 2.82 bits per heavy atom. The van der Waals surface area contributed by atoms with E-state index in [0.717, 1.165) is 0 Å². The normalized spacial score (nSPS) is 14.3. The third-order valence-electron chi connectivity index (χ3n) is 5.50. The maximum atomic E-state index is 12.9. The van der Waals surface area contributed by atoms with Crippen LogP contribution in [0, 0.1) is 22.7 Å². The molecule has 0 unspecified atom stereocenters. The zero-order valence-corrected chi connectivity index (χ0v) is 18.7. The predicted octanol–water partition coefficient (Wildman–Crippen LogP) is 2.17. The van der Waals surface area contributed by atoms with Gasteiger partial charge in [0.15, 0.2) is 5.65 Å². The summed E-state index contributed by atoms with van der Waals surface area (Å²) in [7, 11) is 1.74. The van der Waals surface area contributed by atoms with Crippen LogP contribution >= 0.6 is 11.6 Å². The van der Waals surface area contributed by atoms with E-state index in [2.05, 4.69) is 31.7 Å². The van der Waals surface area contributed by atoms with E-state index in [0.29, 0.717) is 35.0 Å². The number of carbonyl (C=O) groups is 2. The largest absolute Gasteiger partial charge is 0.388 e. The van der Waals surface area contributed by atoms with Crippen LogP contribution in [-0.2, 0) is 4.79 Å². The van der Waals surface area contributed by atoms with Gasteiger partial charge in [-0.2, -0.15) is 5.26 Å². The molecule has 2 amide bonds. The van der Waals surface area contributed by atoms with E-state index < -0.39 is 11.9 Å². The minimum Gasteiger partial charge on any atom is -0.388 e. The van der Waals surface area contributed by atoms with Gasteiger partial charge in [0.05, 0.1) is 29.5 Å². The fourth-order valence-electron chi connectivity index (χ4n) is 3.61. The Morgan fingerprint density at radius 1 is 1.36 bits per heavy atom. The maximum Gasteiger partial charge on any atom is 0.255 e. The summed E-state index contributed by atoms with van der Waals surface area (Å²) in [6.07, 6.45) is 2.92. The van der Waals surface area contributed by atoms with Crippen LogP contribution in [0.5, 0.6) is 0 Å². The molecule has 3 aromatic rings. The molecule has 1 fully saturated rings. The number of aromatic nitrogens is 3. The molecule has 1 aliphatic heterocycles. The quantitative estimate of drug-likeness (QED) is 0.410. The molecule has 4 rings (SSSR count). The summed E-state index contributed by atoms with van der Waals surface area (Å²) in [5.74, 6) is -0.891. The van der Waals surface area contributed by atoms with Crippen LogP contribution in [-0.4, -0.2) is 63.6 Å². The first kappa shape index (κ1) is 22.2. The number of fused-ring (bicyclic) bond motifs is 1. The van der Waals surface area contributed by atoms with Crippen LogP contribution in [0.2, 0.25) is 5.02 Å². The van der Waals surface area contributed by atoms with Crippen LogP contribution in [0.1, 0.15) is 28.5 Å². The summed E-state index contributed by atoms with van der Waals surface area (Å²) in [5, 5.41) is 23.7. The fourth-order valence-corrected chi connectivity index (χ4v) is 3.79. The number of rotatable bonds is 6. The van der Waals surface area contributed by atoms with Gasteiger partial charge in [-0.3, -0.25) is 15.0 Å². The minimum atomic E-state index is -0.763. The van der Waals surface area contributed by atoms with Gasteiger partial charge >= 0.3 is 0 Å². The van der Waals surface area contributed by atoms with E-state index in [4.69, 9.17) is 22.3 Å². The monoisotopic (exact) mass is 464 g/mol. The molecule has 0 saturated carbocycles. The van der Waals surface area contributed by atoms with Crippen molar-refractivity contribution in [2.24, 2.45) is 5.92 Å². The van der Waals surface area contributed by atoms with Gasteiger partial charge in [0.1, 0.15) is 17.3 Å². The highest BCUT2D eigenvalue weighted by atomic mass is 35.5. The Bertz CT molecular complexity index is 1310. The molecule has 1 aromatic carbocycles. The first-order valence-corrected chi connectivity index (χ1v) is 10.6. The van der Waals surface area contributed by atoms with Crippen LogP contribution in [0.15, 0.2) is 30.6 Å². The summed E-state index contributed by atoms with van der Waals surface area (Å²) >= 11 is 6.11. The lowest BCUT2D eigenvalue weighted by Crippen LogP contribution is -2.55. The topological polar surface area (TPSA) is 151 Å². The minimum absolute atomic E-state index is 0.0946. The number of anilines is 1. The molecule has 0 spiro atoms. The highest BCUT2D eigenvalue weighted by Gasteiger charge is 2.33. The molecule has 1 saturated heterocycles. The Hall–Kier alpha value is -3.97. The van der Waals surface area contributed by atoms with Crippen LogP contribution < -0.4 is 10.6 Å². The van der Waals surface area contributed by atoms with Crippen molar-refractivity contribution >= 4 is 46.0 Å². The molecule has 4 N–H and O–H groups in total. The molecule has 1 aliphatic rings. The van der Waals surface area contributed by atoms with Crippen LogP contribution in [0.25, 0.3) is 11.2 Å². The number of nitrogens with zero attached hydrogens (tertiary/aromatic N) is 4. The molecular weight excluding hydrogens is 444 g/mol. The van der Waals surface area contributed by atoms with E-state index in [9.17, 15) is 9.59 Å². The van der Waals surface area contributed by atoms with E-state index >= 15 is 0 Å². The number of nitrogens with one attached hydrogen (secondary N) is 4. The van der Waals surface area contributed by atoms with Gasteiger partial charge in [-0.15, -0.1) is 0 Å². The zero-order valence-electron chi connectivity index (χ0n) is 17.9. The Labute approximate surface area is 194 Å². The highest BCUT2D eigenvalue weighted by molar-refractivity contribution is 6.31. The van der Waals surface area contributed by atoms with Crippen molar-refractivity contribution < 1.29 is 9.59 Å². The van der Waals surface area contributed by atoms with Gasteiger partial charge in [-0.1, -0.05) is 11.6 Å². The smallest absolute Gasteiger partial charge is 0.255 e. The van der Waals surface area contributed by atoms with Gasteiger partial charge in [-0.25, -0.2) is 9.97 Å². The molecule has 11 heteroatoms. The first-order chi connectivity index (χ1) is 15.8. The molecule has 1 atom stereocenters. The lowest BCUT2D eigenvalue weighted by atomic mass is 10.0. The van der Waals surface area contributed by atoms with Crippen molar-refractivity contribution in [2.75, 3.05) is 25.5 Å². The lowest BCUT2D eigenvalue weighted by molar-refractivity contribution is -0.137. The molecule has 33 heavy (non-hydrogen) atoms. The average molecular weight is 465 g/mol. The second kappa shape index (κ2) is 8.88. The van der Waals surface area contributed by atoms with E-state index in [-0.39, 0.29) is 34.3 Å². The summed E-state index contributed by atoms with van der Waals surface area (Å²) in [5.41, 5.74) is 2.50. The molecule has 10 nitrogen and oxygen atoms in total. The number of H-pyrrole nitrogens is 1. The first-order valence-electron chi connectivity index (χ1n) is 10.2. The summed E-state index contributed by atoms with van der Waals surface area (Å²) in [4.78, 5) is 38.6. The summed E-state index contributed by atoms with van der Waals surface area (Å²) in [6, 6.07) is 6.50. The van der Waals surface area contributed by atoms with E-state index in [1.807, 2.05) is 0 Å². The van der Waals surface area contributed by atoms with Gasteiger partial charge in [0, 0.05) is 42.6 Å². The average Bonchev–Trinajstić information content (AvgIpc) is 3.21. The number of halogens is 1. The Balaban J connectivity index is 1.56.